The Balaban J connectivity index is 1.61. The van der Waals surface area contributed by atoms with E-state index in [0.29, 0.717) is 13.2 Å². The van der Waals surface area contributed by atoms with Crippen molar-refractivity contribution < 1.29 is 40.8 Å². The van der Waals surface area contributed by atoms with Gasteiger partial charge in [0.05, 0.1) is 24.1 Å². The number of carbonyl (C=O) groups is 1. The van der Waals surface area contributed by atoms with Gasteiger partial charge in [-0.05, 0) is 86.8 Å². The summed E-state index contributed by atoms with van der Waals surface area (Å²) in [5, 5.41) is -5.19. The minimum absolute atomic E-state index is 0.319. The van der Waals surface area contributed by atoms with Crippen LogP contribution in [0.2, 0.25) is 0 Å². The average molecular weight is 565 g/mol. The van der Waals surface area contributed by atoms with E-state index in [1.807, 2.05) is 61.5 Å². The number of hydrogen-bond donors (Lipinski definition) is 0. The maximum absolute atomic E-state index is 13.5. The van der Waals surface area contributed by atoms with Gasteiger partial charge >= 0.3 is 11.2 Å². The zero-order valence-electron chi connectivity index (χ0n) is 20.5. The molecular weight excluding hydrogens is 538 g/mol. The highest BCUT2D eigenvalue weighted by Gasteiger charge is 2.49. The van der Waals surface area contributed by atoms with Crippen LogP contribution in [0.25, 0.3) is 0 Å². The number of benzene rings is 3. The Labute approximate surface area is 222 Å². The van der Waals surface area contributed by atoms with E-state index in [1.165, 1.54) is 12.1 Å². The van der Waals surface area contributed by atoms with Crippen LogP contribution in [0.5, 0.6) is 5.75 Å². The Kier molecular flexibility index (Phi) is 8.53. The van der Waals surface area contributed by atoms with Gasteiger partial charge in [-0.2, -0.15) is 8.78 Å². The quantitative estimate of drug-likeness (QED) is 0.168. The van der Waals surface area contributed by atoms with Crippen molar-refractivity contribution in [1.82, 2.24) is 0 Å². The summed E-state index contributed by atoms with van der Waals surface area (Å²) in [4.78, 5) is 14.3. The van der Waals surface area contributed by atoms with Crippen molar-refractivity contribution in [2.75, 3.05) is 13.2 Å². The summed E-state index contributed by atoms with van der Waals surface area (Å²) >= 11 is 0. The first-order valence-electron chi connectivity index (χ1n) is 11.8. The fraction of sp³-hybridized carbons (Fsp3) is 0.296. The highest BCUT2D eigenvalue weighted by molar-refractivity contribution is 7.97. The van der Waals surface area contributed by atoms with Gasteiger partial charge in [0, 0.05) is 5.56 Å². The lowest BCUT2D eigenvalue weighted by molar-refractivity contribution is -0.241. The maximum Gasteiger partial charge on any atom is 0.429 e. The third-order valence-electron chi connectivity index (χ3n) is 5.96. The molecule has 202 valence electrons. The third-order valence-corrected chi connectivity index (χ3v) is 8.98. The Hall–Kier alpha value is -2.83. The molecule has 1 unspecified atom stereocenters. The fourth-order valence-electron chi connectivity index (χ4n) is 3.89. The number of hydrogen-bond acceptors (Lipinski definition) is 7. The average Bonchev–Trinajstić information content (AvgIpc) is 2.88. The maximum atomic E-state index is 13.5. The smallest absolute Gasteiger partial charge is 0.429 e. The SMILES string of the molecule is CC1(c2ccc([S+](c3ccccc3)c3ccc(OC(=O)C(F)(F)S(=O)(=O)[O-])cc3)cc2)OCCCCCO1. The molecular formula is C27H26F2O7S2. The first-order chi connectivity index (χ1) is 18.0. The van der Waals surface area contributed by atoms with E-state index in [-0.39, 0.29) is 5.75 Å². The summed E-state index contributed by atoms with van der Waals surface area (Å²) in [6.07, 6.45) is 3.02. The number of esters is 1. The van der Waals surface area contributed by atoms with E-state index in [9.17, 15) is 26.5 Å². The lowest BCUT2D eigenvalue weighted by Crippen LogP contribution is -2.40. The van der Waals surface area contributed by atoms with E-state index in [4.69, 9.17) is 9.47 Å². The van der Waals surface area contributed by atoms with Crippen molar-refractivity contribution in [2.45, 2.75) is 51.9 Å². The molecule has 0 radical (unpaired) electrons. The summed E-state index contributed by atoms with van der Waals surface area (Å²) in [6.45, 7) is 3.12. The van der Waals surface area contributed by atoms with Gasteiger partial charge in [-0.25, -0.2) is 13.2 Å². The predicted molar refractivity (Wildman–Crippen MR) is 135 cm³/mol. The largest absolute Gasteiger partial charge is 0.743 e. The molecule has 1 fully saturated rings. The summed E-state index contributed by atoms with van der Waals surface area (Å²) in [5.41, 5.74) is 0.885. The van der Waals surface area contributed by atoms with Crippen molar-refractivity contribution in [2.24, 2.45) is 0 Å². The molecule has 1 aliphatic heterocycles. The zero-order valence-corrected chi connectivity index (χ0v) is 22.1. The first-order valence-corrected chi connectivity index (χ1v) is 14.5. The Morgan fingerprint density at radius 2 is 1.37 bits per heavy atom. The van der Waals surface area contributed by atoms with Crippen LogP contribution < -0.4 is 4.74 Å². The number of carbonyl (C=O) groups excluding carboxylic acids is 1. The van der Waals surface area contributed by atoms with Gasteiger partial charge in [0.25, 0.3) is 0 Å². The molecule has 38 heavy (non-hydrogen) atoms. The monoisotopic (exact) mass is 564 g/mol. The van der Waals surface area contributed by atoms with Crippen molar-refractivity contribution in [1.29, 1.82) is 0 Å². The number of rotatable bonds is 7. The molecule has 1 heterocycles. The molecule has 11 heteroatoms. The topological polar surface area (TPSA) is 102 Å². The van der Waals surface area contributed by atoms with Gasteiger partial charge in [-0.1, -0.05) is 18.2 Å². The van der Waals surface area contributed by atoms with Gasteiger partial charge in [0.15, 0.2) is 30.6 Å². The zero-order chi connectivity index (χ0) is 27.4. The molecule has 1 atom stereocenters. The molecule has 0 aliphatic carbocycles. The highest BCUT2D eigenvalue weighted by Crippen LogP contribution is 2.35. The van der Waals surface area contributed by atoms with Crippen molar-refractivity contribution >= 4 is 27.0 Å². The van der Waals surface area contributed by atoms with Crippen LogP contribution in [0.3, 0.4) is 0 Å². The fourth-order valence-corrected chi connectivity index (χ4v) is 6.20. The number of halogens is 2. The second-order valence-corrected chi connectivity index (χ2v) is 12.1. The Morgan fingerprint density at radius 1 is 0.868 bits per heavy atom. The van der Waals surface area contributed by atoms with Gasteiger partial charge < -0.3 is 18.8 Å². The molecule has 4 rings (SSSR count). The molecule has 1 aliphatic rings. The molecule has 0 amide bonds. The number of ether oxygens (including phenoxy) is 3. The number of alkyl halides is 2. The summed E-state index contributed by atoms with van der Waals surface area (Å²) in [7, 11) is -6.83. The van der Waals surface area contributed by atoms with Crippen LogP contribution in [0.4, 0.5) is 8.78 Å². The second-order valence-electron chi connectivity index (χ2n) is 8.68. The summed E-state index contributed by atoms with van der Waals surface area (Å²) < 4.78 is 75.7. The lowest BCUT2D eigenvalue weighted by atomic mass is 10.1. The van der Waals surface area contributed by atoms with Crippen LogP contribution in [0.15, 0.2) is 93.5 Å². The molecule has 0 saturated carbocycles. The molecule has 7 nitrogen and oxygen atoms in total. The molecule has 0 aromatic heterocycles. The van der Waals surface area contributed by atoms with Crippen molar-refractivity contribution in [3.63, 3.8) is 0 Å². The van der Waals surface area contributed by atoms with E-state index >= 15 is 0 Å². The molecule has 0 spiro atoms. The molecule has 0 bridgehead atoms. The van der Waals surface area contributed by atoms with Crippen LogP contribution >= 0.6 is 0 Å². The molecule has 3 aromatic rings. The van der Waals surface area contributed by atoms with Crippen LogP contribution in [-0.4, -0.2) is 37.4 Å². The van der Waals surface area contributed by atoms with E-state index < -0.39 is 38.0 Å². The molecule has 1 saturated heterocycles. The lowest BCUT2D eigenvalue weighted by Gasteiger charge is -2.32. The van der Waals surface area contributed by atoms with E-state index in [1.54, 1.807) is 12.1 Å². The van der Waals surface area contributed by atoms with Crippen molar-refractivity contribution in [3.8, 4) is 5.75 Å². The normalized spacial score (nSPS) is 17.2. The predicted octanol–water partition coefficient (Wildman–Crippen LogP) is 5.22. The van der Waals surface area contributed by atoms with E-state index in [0.717, 1.165) is 39.5 Å². The first kappa shape index (κ1) is 28.2. The van der Waals surface area contributed by atoms with Crippen LogP contribution in [0, 0.1) is 0 Å². The van der Waals surface area contributed by atoms with Crippen LogP contribution in [-0.2, 0) is 41.1 Å². The van der Waals surface area contributed by atoms with Crippen LogP contribution in [0.1, 0.15) is 31.7 Å². The Bertz CT molecular complexity index is 1340. The second kappa shape index (κ2) is 11.5. The third kappa shape index (κ3) is 6.24. The summed E-state index contributed by atoms with van der Waals surface area (Å²) in [6, 6.07) is 23.3. The van der Waals surface area contributed by atoms with E-state index in [2.05, 4.69) is 4.74 Å². The van der Waals surface area contributed by atoms with Gasteiger partial charge in [0.2, 0.25) is 0 Å². The molecule has 0 N–H and O–H groups in total. The van der Waals surface area contributed by atoms with Crippen molar-refractivity contribution in [3.05, 3.63) is 84.4 Å². The van der Waals surface area contributed by atoms with Gasteiger partial charge in [0.1, 0.15) is 5.75 Å². The standard InChI is InChI=1S/C27H26F2O7S2/c1-26(34-18-6-3-7-19-35-26)20-10-14-23(15-11-20)37(22-8-4-2-5-9-22)24-16-12-21(13-17-24)36-25(30)27(28,29)38(31,32)33/h2,4-5,8-17H,3,6-7,18-19H2,1H3. The van der Waals surface area contributed by atoms with Gasteiger partial charge in [-0.3, -0.25) is 0 Å². The Morgan fingerprint density at radius 3 is 1.89 bits per heavy atom. The molecule has 3 aromatic carbocycles. The minimum Gasteiger partial charge on any atom is -0.743 e. The van der Waals surface area contributed by atoms with Gasteiger partial charge in [-0.15, -0.1) is 0 Å². The summed E-state index contributed by atoms with van der Waals surface area (Å²) in [5.74, 6) is -3.62. The highest BCUT2D eigenvalue weighted by atomic mass is 32.2. The minimum atomic E-state index is -6.21.